The maximum absolute atomic E-state index is 12.7. The van der Waals surface area contributed by atoms with Crippen molar-refractivity contribution < 1.29 is 28.6 Å². The third kappa shape index (κ3) is 4.91. The Morgan fingerprint density at radius 3 is 2.61 bits per heavy atom. The van der Waals surface area contributed by atoms with Gasteiger partial charge in [0.2, 0.25) is 5.43 Å². The minimum absolute atomic E-state index is 0.0282. The minimum atomic E-state index is -1.04. The van der Waals surface area contributed by atoms with Crippen LogP contribution in [0, 0.1) is 0 Å². The van der Waals surface area contributed by atoms with E-state index in [-0.39, 0.29) is 34.3 Å². The highest BCUT2D eigenvalue weighted by Gasteiger charge is 2.21. The number of rotatable bonds is 5. The van der Waals surface area contributed by atoms with Crippen LogP contribution in [0.5, 0.6) is 11.5 Å². The number of amides is 1. The average Bonchev–Trinajstić information content (AvgIpc) is 2.78. The first-order valence-electron chi connectivity index (χ1n) is 9.90. The topological polar surface area (TPSA) is 115 Å². The van der Waals surface area contributed by atoms with E-state index in [0.717, 1.165) is 11.6 Å². The smallest absolute Gasteiger partial charge is 0.408 e. The molecule has 1 unspecified atom stereocenters. The van der Waals surface area contributed by atoms with E-state index in [1.165, 1.54) is 25.1 Å². The summed E-state index contributed by atoms with van der Waals surface area (Å²) in [5.74, 6) is -1.29. The fourth-order valence-electron chi connectivity index (χ4n) is 3.17. The second kappa shape index (κ2) is 9.22. The van der Waals surface area contributed by atoms with Gasteiger partial charge in [0.1, 0.15) is 40.7 Å². The first-order chi connectivity index (χ1) is 15.8. The molecule has 0 bridgehead atoms. The quantitative estimate of drug-likeness (QED) is 0.252. The van der Waals surface area contributed by atoms with E-state index in [1.807, 2.05) is 18.2 Å². The summed E-state index contributed by atoms with van der Waals surface area (Å²) in [5.41, 5.74) is 0.614. The number of halogens is 1. The molecule has 8 nitrogen and oxygen atoms in total. The molecule has 0 fully saturated rings. The number of nitrogens with one attached hydrogen (secondary N) is 1. The van der Waals surface area contributed by atoms with Crippen LogP contribution in [0.1, 0.15) is 12.5 Å². The molecule has 4 aromatic rings. The number of aromatic hydroxyl groups is 1. The number of fused-ring (bicyclic) bond motifs is 2. The zero-order valence-corrected chi connectivity index (χ0v) is 18.1. The second-order valence-corrected chi connectivity index (χ2v) is 7.67. The normalized spacial score (nSPS) is 11.8. The summed E-state index contributed by atoms with van der Waals surface area (Å²) in [7, 11) is 0. The number of hydrogen-bond acceptors (Lipinski definition) is 7. The number of ether oxygens (including phenoxy) is 2. The standard InChI is InChI=1S/C24H18ClNO7/c1-13(26-24(30)31-12-14-5-3-2-4-6-14)23(29)32-16-10-18(27)21-20(11-16)33-19-8-7-15(25)9-17(19)22(21)28/h2-11,13,27H,12H2,1H3,(H,26,30). The summed E-state index contributed by atoms with van der Waals surface area (Å²) in [5, 5.41) is 13.2. The second-order valence-electron chi connectivity index (χ2n) is 7.24. The lowest BCUT2D eigenvalue weighted by molar-refractivity contribution is -0.136. The maximum Gasteiger partial charge on any atom is 0.408 e. The number of phenols is 1. The molecule has 0 aliphatic rings. The lowest BCUT2D eigenvalue weighted by Gasteiger charge is -2.14. The van der Waals surface area contributed by atoms with E-state index in [0.29, 0.717) is 5.02 Å². The molecule has 0 aliphatic heterocycles. The Labute approximate surface area is 192 Å². The van der Waals surface area contributed by atoms with Gasteiger partial charge in [0.15, 0.2) is 0 Å². The number of benzene rings is 3. The van der Waals surface area contributed by atoms with E-state index in [1.54, 1.807) is 18.2 Å². The van der Waals surface area contributed by atoms with Gasteiger partial charge in [0, 0.05) is 17.2 Å². The first kappa shape index (κ1) is 22.2. The summed E-state index contributed by atoms with van der Waals surface area (Å²) in [6.07, 6.45) is -0.791. The van der Waals surface area contributed by atoms with Gasteiger partial charge in [-0.05, 0) is 30.7 Å². The van der Waals surface area contributed by atoms with Gasteiger partial charge in [-0.15, -0.1) is 0 Å². The van der Waals surface area contributed by atoms with Gasteiger partial charge in [-0.25, -0.2) is 9.59 Å². The Hall–Kier alpha value is -4.04. The van der Waals surface area contributed by atoms with Gasteiger partial charge in [0.25, 0.3) is 0 Å². The molecule has 1 atom stereocenters. The van der Waals surface area contributed by atoms with Gasteiger partial charge >= 0.3 is 12.1 Å². The van der Waals surface area contributed by atoms with Crippen molar-refractivity contribution in [2.45, 2.75) is 19.6 Å². The Kier molecular flexibility index (Phi) is 6.19. The predicted molar refractivity (Wildman–Crippen MR) is 122 cm³/mol. The van der Waals surface area contributed by atoms with Crippen LogP contribution < -0.4 is 15.5 Å². The molecule has 1 heterocycles. The van der Waals surface area contributed by atoms with Crippen LogP contribution in [0.4, 0.5) is 4.79 Å². The SMILES string of the molecule is CC(NC(=O)OCc1ccccc1)C(=O)Oc1cc(O)c2c(=O)c3cc(Cl)ccc3oc2c1. The number of carbonyl (C=O) groups excluding carboxylic acids is 2. The molecule has 0 saturated heterocycles. The molecule has 0 aliphatic carbocycles. The van der Waals surface area contributed by atoms with Crippen molar-refractivity contribution in [3.8, 4) is 11.5 Å². The third-order valence-corrected chi connectivity index (χ3v) is 5.04. The number of hydrogen-bond donors (Lipinski definition) is 2. The molecule has 9 heteroatoms. The number of carbonyl (C=O) groups is 2. The van der Waals surface area contributed by atoms with Crippen LogP contribution in [0.15, 0.2) is 69.9 Å². The lowest BCUT2D eigenvalue weighted by atomic mass is 10.1. The molecule has 4 rings (SSSR count). The van der Waals surface area contributed by atoms with E-state index in [4.69, 9.17) is 25.5 Å². The summed E-state index contributed by atoms with van der Waals surface area (Å²) >= 11 is 5.94. The fraction of sp³-hybridized carbons (Fsp3) is 0.125. The minimum Gasteiger partial charge on any atom is -0.507 e. The van der Waals surface area contributed by atoms with Gasteiger partial charge in [-0.1, -0.05) is 41.9 Å². The van der Waals surface area contributed by atoms with Crippen LogP contribution in [0.3, 0.4) is 0 Å². The molecule has 0 spiro atoms. The van der Waals surface area contributed by atoms with E-state index < -0.39 is 29.3 Å². The summed E-state index contributed by atoms with van der Waals surface area (Å²) < 4.78 is 16.0. The van der Waals surface area contributed by atoms with Crippen molar-refractivity contribution in [3.05, 3.63) is 81.5 Å². The average molecular weight is 468 g/mol. The molecule has 1 amide bonds. The molecule has 1 aromatic heterocycles. The molecule has 2 N–H and O–H groups in total. The summed E-state index contributed by atoms with van der Waals surface area (Å²) in [6.45, 7) is 1.47. The summed E-state index contributed by atoms with van der Waals surface area (Å²) in [6, 6.07) is 15.0. The zero-order chi connectivity index (χ0) is 23.5. The van der Waals surface area contributed by atoms with Crippen LogP contribution >= 0.6 is 11.6 Å². The van der Waals surface area contributed by atoms with Crippen LogP contribution in [0.2, 0.25) is 5.02 Å². The van der Waals surface area contributed by atoms with Gasteiger partial charge in [-0.2, -0.15) is 0 Å². The lowest BCUT2D eigenvalue weighted by Crippen LogP contribution is -2.41. The number of alkyl carbamates (subject to hydrolysis) is 1. The number of esters is 1. The highest BCUT2D eigenvalue weighted by atomic mass is 35.5. The Bertz CT molecular complexity index is 1420. The van der Waals surface area contributed by atoms with Crippen molar-refractivity contribution in [3.63, 3.8) is 0 Å². The molecular weight excluding hydrogens is 450 g/mol. The largest absolute Gasteiger partial charge is 0.507 e. The Balaban J connectivity index is 1.48. The Morgan fingerprint density at radius 1 is 1.09 bits per heavy atom. The van der Waals surface area contributed by atoms with Gasteiger partial charge in [0.05, 0.1) is 5.39 Å². The van der Waals surface area contributed by atoms with Crippen molar-refractivity contribution in [2.24, 2.45) is 0 Å². The zero-order valence-electron chi connectivity index (χ0n) is 17.3. The van der Waals surface area contributed by atoms with Crippen LogP contribution in [-0.4, -0.2) is 23.2 Å². The highest BCUT2D eigenvalue weighted by molar-refractivity contribution is 6.31. The van der Waals surface area contributed by atoms with Crippen LogP contribution in [0.25, 0.3) is 21.9 Å². The number of phenolic OH excluding ortho intramolecular Hbond substituents is 1. The van der Waals surface area contributed by atoms with E-state index in [9.17, 15) is 19.5 Å². The molecular formula is C24H18ClNO7. The van der Waals surface area contributed by atoms with Crippen LogP contribution in [-0.2, 0) is 16.1 Å². The first-order valence-corrected chi connectivity index (χ1v) is 10.3. The molecule has 0 radical (unpaired) electrons. The van der Waals surface area contributed by atoms with Crippen molar-refractivity contribution in [1.29, 1.82) is 0 Å². The maximum atomic E-state index is 12.7. The fourth-order valence-corrected chi connectivity index (χ4v) is 3.34. The Morgan fingerprint density at radius 2 is 1.85 bits per heavy atom. The molecule has 33 heavy (non-hydrogen) atoms. The third-order valence-electron chi connectivity index (χ3n) is 4.81. The monoisotopic (exact) mass is 467 g/mol. The van der Waals surface area contributed by atoms with Gasteiger partial charge in [-0.3, -0.25) is 4.79 Å². The molecule has 3 aromatic carbocycles. The van der Waals surface area contributed by atoms with Gasteiger partial charge < -0.3 is 24.3 Å². The van der Waals surface area contributed by atoms with Crippen molar-refractivity contribution >= 4 is 45.6 Å². The predicted octanol–water partition coefficient (Wildman–Crippen LogP) is 4.53. The van der Waals surface area contributed by atoms with E-state index in [2.05, 4.69) is 5.32 Å². The summed E-state index contributed by atoms with van der Waals surface area (Å²) in [4.78, 5) is 37.1. The molecule has 168 valence electrons. The van der Waals surface area contributed by atoms with E-state index >= 15 is 0 Å². The molecule has 0 saturated carbocycles. The van der Waals surface area contributed by atoms with Crippen molar-refractivity contribution in [1.82, 2.24) is 5.32 Å². The van der Waals surface area contributed by atoms with Crippen molar-refractivity contribution in [2.75, 3.05) is 0 Å². The highest BCUT2D eigenvalue weighted by Crippen LogP contribution is 2.31.